The second-order valence-electron chi connectivity index (χ2n) is 8.94. The number of imidazole rings is 1. The van der Waals surface area contributed by atoms with Gasteiger partial charge in [-0.2, -0.15) is 0 Å². The maximum Gasteiger partial charge on any atom is 0.274 e. The zero-order valence-electron chi connectivity index (χ0n) is 18.2. The van der Waals surface area contributed by atoms with Crippen molar-refractivity contribution in [1.82, 2.24) is 19.3 Å². The number of aryl methyl sites for hydroxylation is 1. The van der Waals surface area contributed by atoms with Crippen LogP contribution in [-0.4, -0.2) is 38.4 Å². The number of rotatable bonds is 2. The first-order valence-electron chi connectivity index (χ1n) is 11.2. The van der Waals surface area contributed by atoms with Crippen molar-refractivity contribution in [1.29, 1.82) is 0 Å². The summed E-state index contributed by atoms with van der Waals surface area (Å²) < 4.78 is 7.46. The first-order chi connectivity index (χ1) is 16.0. The number of H-pyrrole nitrogens is 1. The van der Waals surface area contributed by atoms with Crippen LogP contribution in [0.3, 0.4) is 0 Å². The van der Waals surface area contributed by atoms with Crippen LogP contribution in [0.2, 0.25) is 5.02 Å². The van der Waals surface area contributed by atoms with Crippen LogP contribution in [0.1, 0.15) is 51.6 Å². The third-order valence-corrected chi connectivity index (χ3v) is 7.08. The van der Waals surface area contributed by atoms with Gasteiger partial charge in [0.2, 0.25) is 0 Å². The third-order valence-electron chi connectivity index (χ3n) is 6.85. The van der Waals surface area contributed by atoms with Gasteiger partial charge in [-0.1, -0.05) is 17.7 Å². The van der Waals surface area contributed by atoms with E-state index in [4.69, 9.17) is 16.3 Å². The van der Waals surface area contributed by atoms with Gasteiger partial charge in [0.15, 0.2) is 0 Å². The van der Waals surface area contributed by atoms with Crippen LogP contribution in [0, 0.1) is 6.92 Å². The lowest BCUT2D eigenvalue weighted by atomic mass is 9.99. The Morgan fingerprint density at radius 2 is 1.91 bits per heavy atom. The Morgan fingerprint density at radius 3 is 2.73 bits per heavy atom. The highest BCUT2D eigenvalue weighted by Crippen LogP contribution is 2.31. The fraction of sp³-hybridized carbons (Fsp3) is 0.320. The Kier molecular flexibility index (Phi) is 4.78. The smallest absolute Gasteiger partial charge is 0.274 e. The van der Waals surface area contributed by atoms with Gasteiger partial charge in [-0.05, 0) is 60.7 Å². The largest absolute Gasteiger partial charge is 0.381 e. The zero-order valence-corrected chi connectivity index (χ0v) is 19.0. The maximum atomic E-state index is 13.4. The van der Waals surface area contributed by atoms with E-state index in [1.807, 2.05) is 40.5 Å². The Balaban J connectivity index is 1.43. The molecule has 1 N–H and O–H groups in total. The average Bonchev–Trinajstić information content (AvgIpc) is 3.44. The summed E-state index contributed by atoms with van der Waals surface area (Å²) in [5.41, 5.74) is 5.44. The predicted molar refractivity (Wildman–Crippen MR) is 126 cm³/mol. The molecule has 2 aromatic heterocycles. The standard InChI is InChI=1S/C25H23ClN4O3/c1-14-8-21-20(10-19(14)25(32)29-12-16-2-3-18(26)9-17(16)13-29)28-24(31)22-11-27-23(30(21)22)15-4-6-33-7-5-15/h2-3,8-11,15H,4-7,12-13H2,1H3,(H,28,31). The molecule has 0 bridgehead atoms. The molecule has 0 aliphatic carbocycles. The number of carbonyl (C=O) groups is 1. The summed E-state index contributed by atoms with van der Waals surface area (Å²) in [4.78, 5) is 35.7. The van der Waals surface area contributed by atoms with Crippen molar-refractivity contribution >= 4 is 34.1 Å². The van der Waals surface area contributed by atoms with E-state index in [2.05, 4.69) is 9.97 Å². The van der Waals surface area contributed by atoms with Crippen LogP contribution >= 0.6 is 11.6 Å². The van der Waals surface area contributed by atoms with E-state index in [-0.39, 0.29) is 17.4 Å². The predicted octanol–water partition coefficient (Wildman–Crippen LogP) is 4.19. The van der Waals surface area contributed by atoms with Gasteiger partial charge in [0.1, 0.15) is 11.3 Å². The molecule has 2 aromatic carbocycles. The van der Waals surface area contributed by atoms with E-state index in [1.54, 1.807) is 12.3 Å². The lowest BCUT2D eigenvalue weighted by Crippen LogP contribution is -2.26. The molecule has 0 saturated carbocycles. The number of halogens is 1. The number of nitrogens with one attached hydrogen (secondary N) is 1. The maximum absolute atomic E-state index is 13.4. The molecular formula is C25H23ClN4O3. The average molecular weight is 463 g/mol. The van der Waals surface area contributed by atoms with Gasteiger partial charge in [0, 0.05) is 42.8 Å². The first kappa shape index (κ1) is 20.4. The van der Waals surface area contributed by atoms with Gasteiger partial charge in [0.25, 0.3) is 11.5 Å². The number of aromatic nitrogens is 3. The van der Waals surface area contributed by atoms with Crippen LogP contribution in [0.5, 0.6) is 0 Å². The van der Waals surface area contributed by atoms with Crippen molar-refractivity contribution in [2.75, 3.05) is 13.2 Å². The molecule has 6 rings (SSSR count). The second-order valence-corrected chi connectivity index (χ2v) is 9.37. The normalized spacial score (nSPS) is 16.6. The summed E-state index contributed by atoms with van der Waals surface area (Å²) in [5, 5.41) is 0.673. The van der Waals surface area contributed by atoms with Crippen molar-refractivity contribution < 1.29 is 9.53 Å². The van der Waals surface area contributed by atoms with Gasteiger partial charge < -0.3 is 14.6 Å². The van der Waals surface area contributed by atoms with Gasteiger partial charge in [-0.25, -0.2) is 4.98 Å². The van der Waals surface area contributed by atoms with Gasteiger partial charge in [0.05, 0.1) is 17.2 Å². The first-order valence-corrected chi connectivity index (χ1v) is 11.6. The number of fused-ring (bicyclic) bond motifs is 4. The SMILES string of the molecule is Cc1cc2c(cc1C(=O)N1Cc3ccc(Cl)cc3C1)[nH]c(=O)c1cnc(C3CCOCC3)n12. The summed E-state index contributed by atoms with van der Waals surface area (Å²) >= 11 is 6.13. The minimum Gasteiger partial charge on any atom is -0.381 e. The minimum atomic E-state index is -0.209. The van der Waals surface area contributed by atoms with Crippen LogP contribution < -0.4 is 5.56 Å². The molecule has 4 heterocycles. The number of nitrogens with zero attached hydrogens (tertiary/aromatic N) is 3. The van der Waals surface area contributed by atoms with E-state index in [9.17, 15) is 9.59 Å². The summed E-state index contributed by atoms with van der Waals surface area (Å²) in [6.07, 6.45) is 3.40. The number of hydrogen-bond donors (Lipinski definition) is 1. The van der Waals surface area contributed by atoms with Crippen molar-refractivity contribution in [3.05, 3.63) is 80.0 Å². The van der Waals surface area contributed by atoms with Gasteiger partial charge >= 0.3 is 0 Å². The number of hydrogen-bond acceptors (Lipinski definition) is 4. The third kappa shape index (κ3) is 3.34. The summed E-state index contributed by atoms with van der Waals surface area (Å²) in [7, 11) is 0. The highest BCUT2D eigenvalue weighted by molar-refractivity contribution is 6.30. The molecule has 2 aliphatic rings. The Hall–Kier alpha value is -3.16. The molecule has 0 atom stereocenters. The fourth-order valence-corrected chi connectivity index (χ4v) is 5.29. The molecule has 7 nitrogen and oxygen atoms in total. The molecule has 2 aliphatic heterocycles. The molecular weight excluding hydrogens is 440 g/mol. The van der Waals surface area contributed by atoms with E-state index < -0.39 is 0 Å². The summed E-state index contributed by atoms with van der Waals surface area (Å²) in [6, 6.07) is 9.53. The van der Waals surface area contributed by atoms with E-state index in [0.717, 1.165) is 40.9 Å². The lowest BCUT2D eigenvalue weighted by molar-refractivity contribution is 0.0750. The van der Waals surface area contributed by atoms with Crippen LogP contribution in [-0.2, 0) is 17.8 Å². The van der Waals surface area contributed by atoms with E-state index >= 15 is 0 Å². The van der Waals surface area contributed by atoms with Crippen molar-refractivity contribution in [2.24, 2.45) is 0 Å². The molecule has 4 aromatic rings. The van der Waals surface area contributed by atoms with Crippen LogP contribution in [0.4, 0.5) is 0 Å². The molecule has 0 unspecified atom stereocenters. The molecule has 1 saturated heterocycles. The van der Waals surface area contributed by atoms with Gasteiger partial charge in [-0.3, -0.25) is 14.0 Å². The fourth-order valence-electron chi connectivity index (χ4n) is 5.09. The van der Waals surface area contributed by atoms with Crippen molar-refractivity contribution in [3.63, 3.8) is 0 Å². The number of benzene rings is 2. The minimum absolute atomic E-state index is 0.0575. The van der Waals surface area contributed by atoms with E-state index in [0.29, 0.717) is 47.9 Å². The molecule has 0 radical (unpaired) electrons. The number of ether oxygens (including phenoxy) is 1. The number of aromatic amines is 1. The Bertz CT molecular complexity index is 1480. The van der Waals surface area contributed by atoms with Crippen molar-refractivity contribution in [3.8, 4) is 0 Å². The highest BCUT2D eigenvalue weighted by Gasteiger charge is 2.27. The Labute approximate surface area is 195 Å². The topological polar surface area (TPSA) is 79.7 Å². The quantitative estimate of drug-likeness (QED) is 0.484. The second kappa shape index (κ2) is 7.71. The highest BCUT2D eigenvalue weighted by atomic mass is 35.5. The number of amides is 1. The summed E-state index contributed by atoms with van der Waals surface area (Å²) in [5.74, 6) is 1.07. The molecule has 0 spiro atoms. The van der Waals surface area contributed by atoms with Crippen LogP contribution in [0.15, 0.2) is 41.3 Å². The molecule has 33 heavy (non-hydrogen) atoms. The Morgan fingerprint density at radius 1 is 1.12 bits per heavy atom. The molecule has 1 fully saturated rings. The van der Waals surface area contributed by atoms with Gasteiger partial charge in [-0.15, -0.1) is 0 Å². The lowest BCUT2D eigenvalue weighted by Gasteiger charge is -2.22. The monoisotopic (exact) mass is 462 g/mol. The molecule has 1 amide bonds. The van der Waals surface area contributed by atoms with Crippen LogP contribution in [0.25, 0.3) is 16.6 Å². The van der Waals surface area contributed by atoms with E-state index in [1.165, 1.54) is 0 Å². The molecule has 8 heteroatoms. The summed E-state index contributed by atoms with van der Waals surface area (Å²) in [6.45, 7) is 4.41. The molecule has 168 valence electrons. The number of carbonyl (C=O) groups excluding carboxylic acids is 1. The van der Waals surface area contributed by atoms with Crippen molar-refractivity contribution in [2.45, 2.75) is 38.8 Å². The zero-order chi connectivity index (χ0) is 22.7.